The maximum Gasteiger partial charge on any atom is 0.241 e. The Kier molecular flexibility index (Phi) is 4.62. The predicted octanol–water partition coefficient (Wildman–Crippen LogP) is 0.968. The molecule has 2 unspecified atom stereocenters. The van der Waals surface area contributed by atoms with Crippen molar-refractivity contribution in [2.45, 2.75) is 43.3 Å². The van der Waals surface area contributed by atoms with Crippen LogP contribution in [-0.4, -0.2) is 39.0 Å². The number of hydrogen-bond acceptors (Lipinski definition) is 5. The van der Waals surface area contributed by atoms with Crippen LogP contribution in [0, 0.1) is 0 Å². The molecule has 0 aliphatic carbocycles. The first-order valence-electron chi connectivity index (χ1n) is 6.42. The Morgan fingerprint density at radius 3 is 2.89 bits per heavy atom. The molecule has 1 aliphatic rings. The second-order valence-electron chi connectivity index (χ2n) is 5.13. The maximum absolute atomic E-state index is 12.3. The van der Waals surface area contributed by atoms with Crippen molar-refractivity contribution in [1.82, 2.24) is 9.62 Å². The molecule has 1 fully saturated rings. The van der Waals surface area contributed by atoms with Crippen LogP contribution in [-0.2, 0) is 16.6 Å². The van der Waals surface area contributed by atoms with Gasteiger partial charge in [0.2, 0.25) is 10.0 Å². The van der Waals surface area contributed by atoms with Gasteiger partial charge in [0.05, 0.1) is 4.90 Å². The van der Waals surface area contributed by atoms with Gasteiger partial charge in [-0.05, 0) is 39.4 Å². The van der Waals surface area contributed by atoms with E-state index < -0.39 is 10.0 Å². The summed E-state index contributed by atoms with van der Waals surface area (Å²) < 4.78 is 27.3. The van der Waals surface area contributed by atoms with Crippen LogP contribution in [0.25, 0.3) is 0 Å². The van der Waals surface area contributed by atoms with Gasteiger partial charge in [-0.3, -0.25) is 0 Å². The number of nitrogens with one attached hydrogen (secondary N) is 1. The number of likely N-dealkylation sites (tertiary alicyclic amines) is 1. The molecule has 2 rings (SSSR count). The first-order valence-corrected chi connectivity index (χ1v) is 8.78. The Balaban J connectivity index is 2.05. The van der Waals surface area contributed by atoms with Gasteiger partial charge in [0.15, 0.2) is 0 Å². The Morgan fingerprint density at radius 2 is 2.32 bits per heavy atom. The van der Waals surface area contributed by atoms with Crippen molar-refractivity contribution in [3.8, 4) is 0 Å². The highest BCUT2D eigenvalue weighted by Crippen LogP contribution is 2.21. The van der Waals surface area contributed by atoms with Crippen molar-refractivity contribution in [2.75, 3.05) is 13.6 Å². The van der Waals surface area contributed by atoms with E-state index in [1.165, 1.54) is 11.3 Å². The van der Waals surface area contributed by atoms with Gasteiger partial charge >= 0.3 is 0 Å². The van der Waals surface area contributed by atoms with Gasteiger partial charge < -0.3 is 10.6 Å². The highest BCUT2D eigenvalue weighted by molar-refractivity contribution is 7.89. The fourth-order valence-electron chi connectivity index (χ4n) is 2.29. The van der Waals surface area contributed by atoms with Gasteiger partial charge in [0.1, 0.15) is 0 Å². The van der Waals surface area contributed by atoms with E-state index in [4.69, 9.17) is 5.73 Å². The van der Waals surface area contributed by atoms with Crippen LogP contribution in [0.4, 0.5) is 0 Å². The molecule has 3 N–H and O–H groups in total. The number of hydrogen-bond donors (Lipinski definition) is 2. The number of nitrogens with zero attached hydrogens (tertiary/aromatic N) is 1. The van der Waals surface area contributed by atoms with Crippen molar-refractivity contribution < 1.29 is 8.42 Å². The fourth-order valence-corrected chi connectivity index (χ4v) is 4.73. The summed E-state index contributed by atoms with van der Waals surface area (Å²) in [7, 11) is -1.33. The number of piperidine rings is 1. The number of rotatable bonds is 4. The highest BCUT2D eigenvalue weighted by atomic mass is 32.2. The molecule has 7 heteroatoms. The van der Waals surface area contributed by atoms with Crippen LogP contribution in [0.3, 0.4) is 0 Å². The van der Waals surface area contributed by atoms with Gasteiger partial charge in [-0.1, -0.05) is 0 Å². The average Bonchev–Trinajstić information content (AvgIpc) is 2.83. The minimum Gasteiger partial charge on any atom is -0.326 e. The topological polar surface area (TPSA) is 75.4 Å². The second kappa shape index (κ2) is 5.88. The molecule has 19 heavy (non-hydrogen) atoms. The van der Waals surface area contributed by atoms with Crippen LogP contribution in [0.1, 0.15) is 24.6 Å². The lowest BCUT2D eigenvalue weighted by Gasteiger charge is -2.35. The molecule has 0 bridgehead atoms. The molecule has 1 saturated heterocycles. The summed E-state index contributed by atoms with van der Waals surface area (Å²) in [5, 5.41) is 1.66. The van der Waals surface area contributed by atoms with Gasteiger partial charge in [0.25, 0.3) is 0 Å². The molecule has 0 radical (unpaired) electrons. The van der Waals surface area contributed by atoms with Crippen molar-refractivity contribution in [3.05, 3.63) is 16.3 Å². The number of thiophene rings is 1. The molecule has 1 aromatic heterocycles. The van der Waals surface area contributed by atoms with E-state index in [0.29, 0.717) is 17.5 Å². The molecule has 0 aromatic carbocycles. The molecule has 1 aromatic rings. The molecule has 108 valence electrons. The third-order valence-electron chi connectivity index (χ3n) is 3.67. The maximum atomic E-state index is 12.3. The van der Waals surface area contributed by atoms with E-state index >= 15 is 0 Å². The molecular formula is C12H21N3O2S2. The summed E-state index contributed by atoms with van der Waals surface area (Å²) >= 11 is 1.39. The van der Waals surface area contributed by atoms with Crippen LogP contribution >= 0.6 is 11.3 Å². The van der Waals surface area contributed by atoms with Crippen molar-refractivity contribution >= 4 is 21.4 Å². The average molecular weight is 303 g/mol. The van der Waals surface area contributed by atoms with Crippen LogP contribution < -0.4 is 10.5 Å². The lowest BCUT2D eigenvalue weighted by Crippen LogP contribution is -2.47. The monoisotopic (exact) mass is 303 g/mol. The van der Waals surface area contributed by atoms with Crippen LogP contribution in [0.15, 0.2) is 16.3 Å². The molecule has 0 spiro atoms. The largest absolute Gasteiger partial charge is 0.326 e. The standard InChI is InChI=1S/C12H21N3O2S2/c1-9-5-10(3-4-15(9)2)14-19(16,17)12-6-11(7-13)18-8-12/h6,8-10,14H,3-5,7,13H2,1-2H3. The summed E-state index contributed by atoms with van der Waals surface area (Å²) in [4.78, 5) is 3.48. The SMILES string of the molecule is CC1CC(NS(=O)(=O)c2csc(CN)c2)CCN1C. The molecular weight excluding hydrogens is 282 g/mol. The predicted molar refractivity (Wildman–Crippen MR) is 77.6 cm³/mol. The summed E-state index contributed by atoms with van der Waals surface area (Å²) in [5.41, 5.74) is 5.51. The Morgan fingerprint density at radius 1 is 1.58 bits per heavy atom. The number of sulfonamides is 1. The van der Waals surface area contributed by atoms with Crippen molar-refractivity contribution in [3.63, 3.8) is 0 Å². The quantitative estimate of drug-likeness (QED) is 0.869. The van der Waals surface area contributed by atoms with Crippen LogP contribution in [0.2, 0.25) is 0 Å². The van der Waals surface area contributed by atoms with Gasteiger partial charge in [-0.15, -0.1) is 11.3 Å². The normalized spacial score (nSPS) is 25.6. The lowest BCUT2D eigenvalue weighted by atomic mass is 10.0. The number of nitrogens with two attached hydrogens (primary N) is 1. The van der Waals surface area contributed by atoms with E-state index in [1.54, 1.807) is 11.4 Å². The first kappa shape index (κ1) is 14.9. The van der Waals surface area contributed by atoms with Crippen LogP contribution in [0.5, 0.6) is 0 Å². The second-order valence-corrected chi connectivity index (χ2v) is 7.83. The zero-order chi connectivity index (χ0) is 14.0. The molecule has 5 nitrogen and oxygen atoms in total. The third kappa shape index (κ3) is 3.55. The van der Waals surface area contributed by atoms with Gasteiger partial charge in [0, 0.05) is 28.9 Å². The zero-order valence-corrected chi connectivity index (χ0v) is 12.9. The fraction of sp³-hybridized carbons (Fsp3) is 0.667. The summed E-state index contributed by atoms with van der Waals surface area (Å²) in [6, 6.07) is 2.09. The molecule has 2 heterocycles. The van der Waals surface area contributed by atoms with Crippen molar-refractivity contribution in [1.29, 1.82) is 0 Å². The molecule has 1 aliphatic heterocycles. The van der Waals surface area contributed by atoms with Crippen molar-refractivity contribution in [2.24, 2.45) is 5.73 Å². The van der Waals surface area contributed by atoms with E-state index in [9.17, 15) is 8.42 Å². The third-order valence-corrected chi connectivity index (χ3v) is 6.28. The molecule has 2 atom stereocenters. The summed E-state index contributed by atoms with van der Waals surface area (Å²) in [6.45, 7) is 3.43. The Bertz CT molecular complexity index is 527. The minimum absolute atomic E-state index is 0.0254. The minimum atomic E-state index is -3.40. The highest BCUT2D eigenvalue weighted by Gasteiger charge is 2.27. The van der Waals surface area contributed by atoms with E-state index in [0.717, 1.165) is 24.3 Å². The van der Waals surface area contributed by atoms with E-state index in [-0.39, 0.29) is 6.04 Å². The van der Waals surface area contributed by atoms with E-state index in [2.05, 4.69) is 23.6 Å². The summed E-state index contributed by atoms with van der Waals surface area (Å²) in [6.07, 6.45) is 1.71. The summed E-state index contributed by atoms with van der Waals surface area (Å²) in [5.74, 6) is 0. The Labute approximate surface area is 118 Å². The zero-order valence-electron chi connectivity index (χ0n) is 11.3. The first-order chi connectivity index (χ1) is 8.92. The molecule has 0 amide bonds. The smallest absolute Gasteiger partial charge is 0.241 e. The lowest BCUT2D eigenvalue weighted by molar-refractivity contribution is 0.178. The molecule has 0 saturated carbocycles. The Hall–Kier alpha value is -0.470. The van der Waals surface area contributed by atoms with Gasteiger partial charge in [-0.2, -0.15) is 0 Å². The van der Waals surface area contributed by atoms with Gasteiger partial charge in [-0.25, -0.2) is 13.1 Å². The van der Waals surface area contributed by atoms with E-state index in [1.807, 2.05) is 0 Å².